The van der Waals surface area contributed by atoms with Crippen molar-refractivity contribution < 1.29 is 13.2 Å². The van der Waals surface area contributed by atoms with Gasteiger partial charge in [0.15, 0.2) is 0 Å². The van der Waals surface area contributed by atoms with E-state index in [9.17, 15) is 13.2 Å². The molecule has 1 aliphatic heterocycles. The van der Waals surface area contributed by atoms with Crippen LogP contribution < -0.4 is 0 Å². The Morgan fingerprint density at radius 3 is 2.66 bits per heavy atom. The van der Waals surface area contributed by atoms with Crippen molar-refractivity contribution in [3.63, 3.8) is 0 Å². The van der Waals surface area contributed by atoms with Crippen LogP contribution in [-0.2, 0) is 21.2 Å². The Kier molecular flexibility index (Phi) is 7.66. The van der Waals surface area contributed by atoms with Crippen molar-refractivity contribution >= 4 is 38.2 Å². The summed E-state index contributed by atoms with van der Waals surface area (Å²) in [4.78, 5) is 21.7. The molecule has 2 aromatic heterocycles. The summed E-state index contributed by atoms with van der Waals surface area (Å²) in [5.41, 5.74) is 3.75. The van der Waals surface area contributed by atoms with Crippen LogP contribution in [0.4, 0.5) is 0 Å². The van der Waals surface area contributed by atoms with Gasteiger partial charge in [-0.3, -0.25) is 9.78 Å². The highest BCUT2D eigenvalue weighted by atomic mass is 32.2. The highest BCUT2D eigenvalue weighted by Gasteiger charge is 2.36. The SMILES string of the molecule is Cc1ccccc1C1c2ccsc2CCN1C(=O)CN(CCC(C)C)S(=O)(=O)c1cccc2cccnc12. The second-order valence-corrected chi connectivity index (χ2v) is 13.2. The van der Waals surface area contributed by atoms with E-state index in [1.807, 2.05) is 29.2 Å². The molecule has 0 N–H and O–H groups in total. The molecular weight excluding hydrogens is 514 g/mol. The zero-order valence-corrected chi connectivity index (χ0v) is 23.6. The van der Waals surface area contributed by atoms with Gasteiger partial charge in [0, 0.05) is 29.5 Å². The largest absolute Gasteiger partial charge is 0.330 e. The summed E-state index contributed by atoms with van der Waals surface area (Å²) >= 11 is 1.72. The normalized spacial score (nSPS) is 15.8. The first-order chi connectivity index (χ1) is 18.3. The van der Waals surface area contributed by atoms with Gasteiger partial charge >= 0.3 is 0 Å². The summed E-state index contributed by atoms with van der Waals surface area (Å²) in [5, 5.41) is 2.83. The number of hydrogen-bond acceptors (Lipinski definition) is 5. The summed E-state index contributed by atoms with van der Waals surface area (Å²) in [5.74, 6) is 0.104. The molecule has 2 aromatic carbocycles. The number of hydrogen-bond donors (Lipinski definition) is 0. The number of nitrogens with zero attached hydrogens (tertiary/aromatic N) is 3. The minimum Gasteiger partial charge on any atom is -0.330 e. The van der Waals surface area contributed by atoms with Crippen LogP contribution in [0.2, 0.25) is 0 Å². The maximum absolute atomic E-state index is 14.1. The Morgan fingerprint density at radius 2 is 1.87 bits per heavy atom. The lowest BCUT2D eigenvalue weighted by atomic mass is 9.90. The quantitative estimate of drug-likeness (QED) is 0.279. The molecule has 1 amide bonds. The number of carbonyl (C=O) groups is 1. The zero-order valence-electron chi connectivity index (χ0n) is 22.0. The van der Waals surface area contributed by atoms with Crippen molar-refractivity contribution in [3.8, 4) is 0 Å². The van der Waals surface area contributed by atoms with Crippen LogP contribution in [0.15, 0.2) is 77.1 Å². The third kappa shape index (κ3) is 5.13. The molecule has 0 bridgehead atoms. The molecule has 0 saturated heterocycles. The van der Waals surface area contributed by atoms with Crippen molar-refractivity contribution in [2.24, 2.45) is 5.92 Å². The number of amides is 1. The van der Waals surface area contributed by atoms with Gasteiger partial charge in [-0.1, -0.05) is 56.3 Å². The van der Waals surface area contributed by atoms with E-state index in [0.717, 1.165) is 28.5 Å². The van der Waals surface area contributed by atoms with Crippen molar-refractivity contribution in [1.29, 1.82) is 0 Å². The number of thiophene rings is 1. The molecule has 5 rings (SSSR count). The van der Waals surface area contributed by atoms with Crippen LogP contribution in [0.3, 0.4) is 0 Å². The first-order valence-corrected chi connectivity index (χ1v) is 15.3. The second kappa shape index (κ2) is 11.0. The van der Waals surface area contributed by atoms with Crippen LogP contribution in [0.1, 0.15) is 47.9 Å². The van der Waals surface area contributed by atoms with Crippen LogP contribution in [0.5, 0.6) is 0 Å². The molecule has 4 aromatic rings. The summed E-state index contributed by atoms with van der Waals surface area (Å²) in [6.07, 6.45) is 3.03. The average molecular weight is 548 g/mol. The van der Waals surface area contributed by atoms with Gasteiger partial charge in [0.1, 0.15) is 4.90 Å². The number of rotatable bonds is 8. The molecule has 8 heteroatoms. The lowest BCUT2D eigenvalue weighted by molar-refractivity contribution is -0.133. The van der Waals surface area contributed by atoms with Crippen molar-refractivity contribution in [2.45, 2.75) is 44.6 Å². The number of carbonyl (C=O) groups excluding carboxylic acids is 1. The number of para-hydroxylation sites is 1. The fraction of sp³-hybridized carbons (Fsp3) is 0.333. The van der Waals surface area contributed by atoms with E-state index in [2.05, 4.69) is 49.3 Å². The molecule has 1 aliphatic rings. The molecule has 1 unspecified atom stereocenters. The maximum atomic E-state index is 14.1. The lowest BCUT2D eigenvalue weighted by Crippen LogP contribution is -2.47. The number of aromatic nitrogens is 1. The van der Waals surface area contributed by atoms with E-state index in [1.165, 1.54) is 9.18 Å². The molecule has 198 valence electrons. The number of aryl methyl sites for hydroxylation is 1. The van der Waals surface area contributed by atoms with Gasteiger partial charge in [-0.05, 0) is 66.0 Å². The Balaban J connectivity index is 1.51. The second-order valence-electron chi connectivity index (χ2n) is 10.2. The number of fused-ring (bicyclic) bond motifs is 2. The van der Waals surface area contributed by atoms with Gasteiger partial charge in [0.25, 0.3) is 0 Å². The van der Waals surface area contributed by atoms with E-state index in [1.54, 1.807) is 35.7 Å². The van der Waals surface area contributed by atoms with Crippen LogP contribution in [-0.4, -0.2) is 48.1 Å². The van der Waals surface area contributed by atoms with E-state index in [0.29, 0.717) is 18.5 Å². The Bertz CT molecular complexity index is 1560. The first kappa shape index (κ1) is 26.5. The molecule has 6 nitrogen and oxygen atoms in total. The Labute approximate surface area is 229 Å². The predicted molar refractivity (Wildman–Crippen MR) is 153 cm³/mol. The van der Waals surface area contributed by atoms with E-state index >= 15 is 0 Å². The fourth-order valence-corrected chi connectivity index (χ4v) is 7.64. The highest BCUT2D eigenvalue weighted by molar-refractivity contribution is 7.89. The number of sulfonamides is 1. The molecule has 0 spiro atoms. The number of pyridine rings is 1. The third-order valence-electron chi connectivity index (χ3n) is 7.25. The van der Waals surface area contributed by atoms with Crippen LogP contribution >= 0.6 is 11.3 Å². The third-order valence-corrected chi connectivity index (χ3v) is 10.1. The molecule has 1 atom stereocenters. The van der Waals surface area contributed by atoms with Crippen molar-refractivity contribution in [1.82, 2.24) is 14.2 Å². The first-order valence-electron chi connectivity index (χ1n) is 13.0. The predicted octanol–water partition coefficient (Wildman–Crippen LogP) is 5.82. The lowest BCUT2D eigenvalue weighted by Gasteiger charge is -2.38. The van der Waals surface area contributed by atoms with E-state index < -0.39 is 10.0 Å². The van der Waals surface area contributed by atoms with Crippen LogP contribution in [0.25, 0.3) is 10.9 Å². The van der Waals surface area contributed by atoms with E-state index in [4.69, 9.17) is 0 Å². The average Bonchev–Trinajstić information content (AvgIpc) is 3.39. The summed E-state index contributed by atoms with van der Waals surface area (Å²) in [7, 11) is -3.97. The standard InChI is InChI=1S/C30H33N3O3S2/c1-21(2)13-17-32(38(35,36)27-12-6-9-23-10-7-16-31-29(23)27)20-28(34)33-18-14-26-25(15-19-37-26)30(33)24-11-5-4-8-22(24)3/h4-12,15-16,19,21,30H,13-14,17-18,20H2,1-3H3. The summed E-state index contributed by atoms with van der Waals surface area (Å²) < 4.78 is 29.5. The smallest absolute Gasteiger partial charge is 0.245 e. The topological polar surface area (TPSA) is 70.6 Å². The molecule has 38 heavy (non-hydrogen) atoms. The van der Waals surface area contributed by atoms with Crippen molar-refractivity contribution in [3.05, 3.63) is 93.8 Å². The summed E-state index contributed by atoms with van der Waals surface area (Å²) in [6, 6.07) is 18.8. The van der Waals surface area contributed by atoms with Gasteiger partial charge in [0.05, 0.1) is 18.1 Å². The Hall–Kier alpha value is -3.07. The number of benzene rings is 2. The molecular formula is C30H33N3O3S2. The highest BCUT2D eigenvalue weighted by Crippen LogP contribution is 2.39. The Morgan fingerprint density at radius 1 is 1.08 bits per heavy atom. The molecule has 0 fully saturated rings. The minimum atomic E-state index is -3.97. The van der Waals surface area contributed by atoms with Crippen molar-refractivity contribution in [2.75, 3.05) is 19.6 Å². The minimum absolute atomic E-state index is 0.140. The van der Waals surface area contributed by atoms with E-state index in [-0.39, 0.29) is 35.9 Å². The van der Waals surface area contributed by atoms with Gasteiger partial charge in [0.2, 0.25) is 15.9 Å². The van der Waals surface area contributed by atoms with Gasteiger partial charge in [-0.15, -0.1) is 11.3 Å². The van der Waals surface area contributed by atoms with Crippen LogP contribution in [0, 0.1) is 12.8 Å². The monoisotopic (exact) mass is 547 g/mol. The molecule has 0 aliphatic carbocycles. The summed E-state index contributed by atoms with van der Waals surface area (Å²) in [6.45, 7) is 6.79. The van der Waals surface area contributed by atoms with Gasteiger partial charge in [-0.2, -0.15) is 4.31 Å². The zero-order chi connectivity index (χ0) is 26.9. The van der Waals surface area contributed by atoms with Gasteiger partial charge in [-0.25, -0.2) is 8.42 Å². The molecule has 3 heterocycles. The fourth-order valence-electron chi connectivity index (χ4n) is 5.17. The molecule has 0 radical (unpaired) electrons. The molecule has 0 saturated carbocycles. The van der Waals surface area contributed by atoms with Gasteiger partial charge < -0.3 is 4.90 Å². The maximum Gasteiger partial charge on any atom is 0.245 e.